The summed E-state index contributed by atoms with van der Waals surface area (Å²) in [4.78, 5) is 3.18. The van der Waals surface area contributed by atoms with E-state index in [0.717, 1.165) is 29.2 Å². The second-order valence-corrected chi connectivity index (χ2v) is 3.81. The molecule has 0 fully saturated rings. The molecule has 0 aliphatic heterocycles. The number of anilines is 2. The monoisotopic (exact) mass is 231 g/mol. The van der Waals surface area contributed by atoms with Gasteiger partial charge in [0.15, 0.2) is 0 Å². The van der Waals surface area contributed by atoms with Crippen LogP contribution in [0.25, 0.3) is 11.3 Å². The van der Waals surface area contributed by atoms with Gasteiger partial charge in [-0.15, -0.1) is 0 Å². The second kappa shape index (κ2) is 5.41. The quantitative estimate of drug-likeness (QED) is 0.546. The van der Waals surface area contributed by atoms with Crippen LogP contribution in [-0.2, 0) is 4.74 Å². The summed E-state index contributed by atoms with van der Waals surface area (Å²) in [5, 5.41) is 3.33. The predicted molar refractivity (Wildman–Crippen MR) is 71.0 cm³/mol. The zero-order valence-electron chi connectivity index (χ0n) is 9.86. The highest BCUT2D eigenvalue weighted by molar-refractivity contribution is 5.78. The van der Waals surface area contributed by atoms with Crippen molar-refractivity contribution in [2.24, 2.45) is 0 Å². The van der Waals surface area contributed by atoms with E-state index in [-0.39, 0.29) is 0 Å². The number of ether oxygens (including phenoxy) is 1. The summed E-state index contributed by atoms with van der Waals surface area (Å²) in [5.74, 6) is 0. The molecule has 0 saturated carbocycles. The number of hydrogen-bond acceptors (Lipinski definition) is 3. The van der Waals surface area contributed by atoms with Gasteiger partial charge in [-0.3, -0.25) is 0 Å². The normalized spacial score (nSPS) is 10.4. The van der Waals surface area contributed by atoms with Gasteiger partial charge in [0, 0.05) is 42.5 Å². The van der Waals surface area contributed by atoms with Gasteiger partial charge < -0.3 is 20.8 Å². The SMILES string of the molecule is COCCNc1ccc(N)cc1-c1ccc[nH]1. The van der Waals surface area contributed by atoms with Gasteiger partial charge in [0.05, 0.1) is 6.61 Å². The maximum Gasteiger partial charge on any atom is 0.0635 e. The molecule has 0 bridgehead atoms. The molecule has 1 heterocycles. The first-order chi connectivity index (χ1) is 8.31. The molecule has 1 aromatic carbocycles. The molecule has 2 rings (SSSR count). The molecule has 0 spiro atoms. The Morgan fingerprint density at radius 3 is 2.94 bits per heavy atom. The number of nitrogens with two attached hydrogens (primary N) is 1. The lowest BCUT2D eigenvalue weighted by Gasteiger charge is -2.11. The number of benzene rings is 1. The predicted octanol–water partition coefficient (Wildman–Crippen LogP) is 2.32. The molecule has 0 radical (unpaired) electrons. The number of methoxy groups -OCH3 is 1. The number of nitrogen functional groups attached to an aromatic ring is 1. The lowest BCUT2D eigenvalue weighted by atomic mass is 10.1. The number of rotatable bonds is 5. The highest BCUT2D eigenvalue weighted by Gasteiger charge is 2.05. The van der Waals surface area contributed by atoms with E-state index in [1.165, 1.54) is 0 Å². The smallest absolute Gasteiger partial charge is 0.0635 e. The average molecular weight is 231 g/mol. The van der Waals surface area contributed by atoms with Crippen LogP contribution in [0, 0.1) is 0 Å². The molecular weight excluding hydrogens is 214 g/mol. The molecule has 0 amide bonds. The summed E-state index contributed by atoms with van der Waals surface area (Å²) in [6.07, 6.45) is 1.90. The number of hydrogen-bond donors (Lipinski definition) is 3. The van der Waals surface area contributed by atoms with Gasteiger partial charge in [-0.1, -0.05) is 0 Å². The Kier molecular flexibility index (Phi) is 3.67. The van der Waals surface area contributed by atoms with E-state index in [1.807, 2.05) is 36.5 Å². The van der Waals surface area contributed by atoms with Crippen LogP contribution >= 0.6 is 0 Å². The summed E-state index contributed by atoms with van der Waals surface area (Å²) in [6, 6.07) is 9.83. The highest BCUT2D eigenvalue weighted by Crippen LogP contribution is 2.28. The number of aromatic amines is 1. The van der Waals surface area contributed by atoms with Crippen molar-refractivity contribution in [2.75, 3.05) is 31.3 Å². The fourth-order valence-electron chi connectivity index (χ4n) is 1.72. The molecule has 4 N–H and O–H groups in total. The molecule has 0 unspecified atom stereocenters. The van der Waals surface area contributed by atoms with Crippen molar-refractivity contribution < 1.29 is 4.74 Å². The number of aromatic nitrogens is 1. The van der Waals surface area contributed by atoms with Crippen molar-refractivity contribution in [2.45, 2.75) is 0 Å². The van der Waals surface area contributed by atoms with Crippen LogP contribution in [0.5, 0.6) is 0 Å². The van der Waals surface area contributed by atoms with Crippen molar-refractivity contribution in [3.63, 3.8) is 0 Å². The first-order valence-electron chi connectivity index (χ1n) is 5.57. The van der Waals surface area contributed by atoms with Crippen LogP contribution in [0.2, 0.25) is 0 Å². The lowest BCUT2D eigenvalue weighted by molar-refractivity contribution is 0.211. The molecule has 0 aliphatic carbocycles. The topological polar surface area (TPSA) is 63.1 Å². The first-order valence-corrected chi connectivity index (χ1v) is 5.57. The minimum atomic E-state index is 0.675. The van der Waals surface area contributed by atoms with Crippen molar-refractivity contribution in [3.05, 3.63) is 36.5 Å². The maximum absolute atomic E-state index is 5.82. The fraction of sp³-hybridized carbons (Fsp3) is 0.231. The maximum atomic E-state index is 5.82. The van der Waals surface area contributed by atoms with Crippen LogP contribution in [0.4, 0.5) is 11.4 Å². The van der Waals surface area contributed by atoms with E-state index in [1.54, 1.807) is 7.11 Å². The van der Waals surface area contributed by atoms with Gasteiger partial charge >= 0.3 is 0 Å². The van der Waals surface area contributed by atoms with E-state index in [9.17, 15) is 0 Å². The van der Waals surface area contributed by atoms with E-state index < -0.39 is 0 Å². The minimum Gasteiger partial charge on any atom is -0.399 e. The second-order valence-electron chi connectivity index (χ2n) is 3.81. The molecule has 0 atom stereocenters. The van der Waals surface area contributed by atoms with Gasteiger partial charge in [0.2, 0.25) is 0 Å². The third-order valence-electron chi connectivity index (χ3n) is 2.55. The van der Waals surface area contributed by atoms with Gasteiger partial charge in [-0.25, -0.2) is 0 Å². The Hall–Kier alpha value is -1.94. The molecule has 0 saturated heterocycles. The largest absolute Gasteiger partial charge is 0.399 e. The van der Waals surface area contributed by atoms with Crippen molar-refractivity contribution >= 4 is 11.4 Å². The average Bonchev–Trinajstić information content (AvgIpc) is 2.85. The molecule has 1 aromatic heterocycles. The van der Waals surface area contributed by atoms with Gasteiger partial charge in [0.25, 0.3) is 0 Å². The molecule has 90 valence electrons. The molecule has 4 heteroatoms. The minimum absolute atomic E-state index is 0.675. The Morgan fingerprint density at radius 2 is 2.24 bits per heavy atom. The summed E-state index contributed by atoms with van der Waals surface area (Å²) in [5.41, 5.74) is 9.76. The van der Waals surface area contributed by atoms with Crippen molar-refractivity contribution in [1.82, 2.24) is 4.98 Å². The lowest BCUT2D eigenvalue weighted by Crippen LogP contribution is -2.08. The molecule has 2 aromatic rings. The zero-order chi connectivity index (χ0) is 12.1. The van der Waals surface area contributed by atoms with Crippen molar-refractivity contribution in [1.29, 1.82) is 0 Å². The zero-order valence-corrected chi connectivity index (χ0v) is 9.86. The van der Waals surface area contributed by atoms with Crippen LogP contribution in [0.1, 0.15) is 0 Å². The molecule has 17 heavy (non-hydrogen) atoms. The first kappa shape index (κ1) is 11.5. The van der Waals surface area contributed by atoms with Gasteiger partial charge in [0.1, 0.15) is 0 Å². The van der Waals surface area contributed by atoms with E-state index in [4.69, 9.17) is 10.5 Å². The van der Waals surface area contributed by atoms with Crippen LogP contribution < -0.4 is 11.1 Å². The molecular formula is C13H17N3O. The van der Waals surface area contributed by atoms with Gasteiger partial charge in [-0.2, -0.15) is 0 Å². The highest BCUT2D eigenvalue weighted by atomic mass is 16.5. The van der Waals surface area contributed by atoms with Crippen molar-refractivity contribution in [3.8, 4) is 11.3 Å². The van der Waals surface area contributed by atoms with Crippen LogP contribution in [0.3, 0.4) is 0 Å². The summed E-state index contributed by atoms with van der Waals surface area (Å²) in [7, 11) is 1.69. The third-order valence-corrected chi connectivity index (χ3v) is 2.55. The number of H-pyrrole nitrogens is 1. The summed E-state index contributed by atoms with van der Waals surface area (Å²) < 4.78 is 5.02. The fourth-order valence-corrected chi connectivity index (χ4v) is 1.72. The molecule has 0 aliphatic rings. The molecule has 4 nitrogen and oxygen atoms in total. The Balaban J connectivity index is 2.25. The number of nitrogens with one attached hydrogen (secondary N) is 2. The van der Waals surface area contributed by atoms with Crippen LogP contribution in [0.15, 0.2) is 36.5 Å². The van der Waals surface area contributed by atoms with E-state index in [2.05, 4.69) is 10.3 Å². The Morgan fingerprint density at radius 1 is 1.35 bits per heavy atom. The van der Waals surface area contributed by atoms with E-state index in [0.29, 0.717) is 6.61 Å². The standard InChI is InChI=1S/C13H17N3O/c1-17-8-7-16-13-5-4-10(14)9-11(13)12-3-2-6-15-12/h2-6,9,15-16H,7-8,14H2,1H3. The van der Waals surface area contributed by atoms with E-state index >= 15 is 0 Å². The van der Waals surface area contributed by atoms with Gasteiger partial charge in [-0.05, 0) is 30.3 Å². The summed E-state index contributed by atoms with van der Waals surface area (Å²) in [6.45, 7) is 1.45. The Bertz CT molecular complexity index is 466. The summed E-state index contributed by atoms with van der Waals surface area (Å²) >= 11 is 0. The third kappa shape index (κ3) is 2.79. The Labute approximate surface area is 101 Å². The van der Waals surface area contributed by atoms with Crippen LogP contribution in [-0.4, -0.2) is 25.2 Å².